The Bertz CT molecular complexity index is 1420. The first-order valence-electron chi connectivity index (χ1n) is 20.2. The number of aromatic nitrogens is 6. The van der Waals surface area contributed by atoms with Crippen molar-refractivity contribution in [2.24, 2.45) is 31.7 Å². The summed E-state index contributed by atoms with van der Waals surface area (Å²) in [5.41, 5.74) is 9.45. The van der Waals surface area contributed by atoms with Crippen LogP contribution >= 0.6 is 0 Å². The third-order valence-electron chi connectivity index (χ3n) is 9.19. The van der Waals surface area contributed by atoms with Crippen molar-refractivity contribution in [1.29, 1.82) is 0 Å². The smallest absolute Gasteiger partial charge is 0.347 e. The molecule has 0 bridgehead atoms. The SMILES string of the molecule is C1CCCCC1.C=C.C=C.C=C.CC1CCCNC1.CC1CNCCN1.Cc1cn(C)c(=O)nc1C.Cc1ncnc2c1ncn2C.NC(=O)C1CCCNC1. The van der Waals surface area contributed by atoms with Crippen molar-refractivity contribution in [3.05, 3.63) is 85.8 Å². The average molecular weight is 782 g/mol. The van der Waals surface area contributed by atoms with Crippen molar-refractivity contribution < 1.29 is 4.79 Å². The van der Waals surface area contributed by atoms with Crippen molar-refractivity contribution in [2.45, 2.75) is 105 Å². The number of carbonyl (C=O) groups excluding carboxylic acids is 1. The summed E-state index contributed by atoms with van der Waals surface area (Å²) in [5, 5.41) is 13.0. The highest BCUT2D eigenvalue weighted by Crippen LogP contribution is 2.15. The van der Waals surface area contributed by atoms with Crippen molar-refractivity contribution >= 4 is 17.1 Å². The lowest BCUT2D eigenvalue weighted by Crippen LogP contribution is -2.46. The van der Waals surface area contributed by atoms with E-state index >= 15 is 0 Å². The monoisotopic (exact) mass is 782 g/mol. The maximum absolute atomic E-state index is 10.8. The fraction of sp³-hybridized carbons (Fsp3) is 0.628. The van der Waals surface area contributed by atoms with E-state index in [-0.39, 0.29) is 17.5 Å². The number of carbonyl (C=O) groups is 1. The summed E-state index contributed by atoms with van der Waals surface area (Å²) >= 11 is 0. The number of aryl methyl sites for hydroxylation is 5. The number of nitrogens with zero attached hydrogens (tertiary/aromatic N) is 6. The molecule has 6 heterocycles. The second-order valence-corrected chi connectivity index (χ2v) is 14.0. The van der Waals surface area contributed by atoms with Gasteiger partial charge in [0, 0.05) is 58.2 Å². The van der Waals surface area contributed by atoms with Gasteiger partial charge in [0.05, 0.1) is 17.9 Å². The summed E-state index contributed by atoms with van der Waals surface area (Å²) in [4.78, 5) is 37.4. The Balaban J connectivity index is 0. The minimum absolute atomic E-state index is 0.0822. The van der Waals surface area contributed by atoms with Crippen LogP contribution in [0.4, 0.5) is 0 Å². The van der Waals surface area contributed by atoms with Gasteiger partial charge in [-0.25, -0.2) is 19.7 Å². The number of piperidine rings is 2. The van der Waals surface area contributed by atoms with Crippen LogP contribution in [-0.4, -0.2) is 86.8 Å². The number of fused-ring (bicyclic) bond motifs is 1. The predicted molar refractivity (Wildman–Crippen MR) is 238 cm³/mol. The normalized spacial score (nSPS) is 19.4. The van der Waals surface area contributed by atoms with Crippen LogP contribution in [0, 0.1) is 32.6 Å². The van der Waals surface area contributed by atoms with Gasteiger partial charge in [0.15, 0.2) is 5.65 Å². The Labute approximate surface area is 339 Å². The van der Waals surface area contributed by atoms with Crippen LogP contribution < -0.4 is 32.7 Å². The summed E-state index contributed by atoms with van der Waals surface area (Å²) in [6.45, 7) is 35.8. The van der Waals surface area contributed by atoms with Crippen LogP contribution in [0.15, 0.2) is 63.1 Å². The molecule has 6 N–H and O–H groups in total. The lowest BCUT2D eigenvalue weighted by Gasteiger charge is -2.19. The molecule has 4 fully saturated rings. The molecule has 3 atom stereocenters. The molecule has 0 radical (unpaired) electrons. The minimum Gasteiger partial charge on any atom is -0.369 e. The molecule has 3 unspecified atom stereocenters. The number of imidazole rings is 1. The minimum atomic E-state index is -0.192. The number of hydrogen-bond donors (Lipinski definition) is 5. The molecule has 1 aliphatic carbocycles. The van der Waals surface area contributed by atoms with Crippen LogP contribution in [0.5, 0.6) is 0 Å². The second-order valence-electron chi connectivity index (χ2n) is 14.0. The van der Waals surface area contributed by atoms with Crippen LogP contribution in [0.2, 0.25) is 0 Å². The summed E-state index contributed by atoms with van der Waals surface area (Å²) in [6.07, 6.45) is 18.9. The van der Waals surface area contributed by atoms with E-state index in [0.717, 1.165) is 79.6 Å². The Morgan fingerprint density at radius 2 is 1.27 bits per heavy atom. The summed E-state index contributed by atoms with van der Waals surface area (Å²) in [7, 11) is 3.61. The highest BCUT2D eigenvalue weighted by Gasteiger charge is 2.17. The molecule has 3 aromatic heterocycles. The molecule has 318 valence electrons. The highest BCUT2D eigenvalue weighted by molar-refractivity contribution is 5.76. The van der Waals surface area contributed by atoms with E-state index in [0.29, 0.717) is 6.04 Å². The molecule has 3 saturated heterocycles. The van der Waals surface area contributed by atoms with Crippen LogP contribution in [-0.2, 0) is 18.9 Å². The summed E-state index contributed by atoms with van der Waals surface area (Å²) < 4.78 is 3.35. The number of hydrogen-bond acceptors (Lipinski definition) is 10. The molecule has 3 aromatic rings. The second kappa shape index (κ2) is 35.4. The van der Waals surface area contributed by atoms with Gasteiger partial charge in [0.25, 0.3) is 0 Å². The Morgan fingerprint density at radius 1 is 0.714 bits per heavy atom. The van der Waals surface area contributed by atoms with E-state index in [4.69, 9.17) is 5.73 Å². The molecular weight excluding hydrogens is 703 g/mol. The number of piperazine rings is 1. The van der Waals surface area contributed by atoms with E-state index in [2.05, 4.69) is 94.5 Å². The molecule has 4 aliphatic rings. The third kappa shape index (κ3) is 25.2. The zero-order valence-electron chi connectivity index (χ0n) is 36.3. The number of amides is 1. The Kier molecular flexibility index (Phi) is 34.2. The molecule has 13 nitrogen and oxygen atoms in total. The lowest BCUT2D eigenvalue weighted by molar-refractivity contribution is -0.122. The van der Waals surface area contributed by atoms with E-state index in [9.17, 15) is 9.59 Å². The van der Waals surface area contributed by atoms with Crippen molar-refractivity contribution in [1.82, 2.24) is 50.3 Å². The standard InChI is InChI=1S/C7H8N4.C7H10N2O.C6H12N2O.C6H13N.C6H12.C5H12N2.3C2H4/c1-5-6-7(9-3-8-5)11(2)4-10-6;1-5-4-9(3)7(10)8-6(5)2;7-6(9)5-2-1-3-8-4-5;1-6-3-2-4-7-5-6;1-2-4-6-5-3-1;1-5-4-6-2-3-7-5;3*1-2/h3-4H,1-2H3;4H,1-3H3;5,8H,1-4H2,(H2,7,9);6-7H,2-5H2,1H3;1-6H2;5-7H,2-4H2,1H3;3*1-2H2. The van der Waals surface area contributed by atoms with Gasteiger partial charge >= 0.3 is 5.69 Å². The molecule has 0 spiro atoms. The molecule has 1 amide bonds. The highest BCUT2D eigenvalue weighted by atomic mass is 16.1. The molecular formula is C43H79N11O2. The van der Waals surface area contributed by atoms with Crippen LogP contribution in [0.25, 0.3) is 11.2 Å². The van der Waals surface area contributed by atoms with Crippen molar-refractivity contribution in [3.63, 3.8) is 0 Å². The fourth-order valence-corrected chi connectivity index (χ4v) is 5.79. The van der Waals surface area contributed by atoms with E-state index in [1.165, 1.54) is 69.0 Å². The van der Waals surface area contributed by atoms with Crippen LogP contribution in [0.1, 0.15) is 95.0 Å². The number of rotatable bonds is 1. The molecule has 56 heavy (non-hydrogen) atoms. The quantitative estimate of drug-likeness (QED) is 0.189. The molecule has 0 aromatic carbocycles. The Hall–Kier alpha value is -4.04. The van der Waals surface area contributed by atoms with Gasteiger partial charge in [-0.05, 0) is 84.5 Å². The average Bonchev–Trinajstić information content (AvgIpc) is 3.63. The van der Waals surface area contributed by atoms with Gasteiger partial charge in [-0.1, -0.05) is 45.4 Å². The van der Waals surface area contributed by atoms with Gasteiger partial charge in [-0.15, -0.1) is 39.5 Å². The first-order valence-corrected chi connectivity index (χ1v) is 20.2. The van der Waals surface area contributed by atoms with Gasteiger partial charge in [-0.3, -0.25) is 4.79 Å². The summed E-state index contributed by atoms with van der Waals surface area (Å²) in [5.74, 6) is 0.842. The summed E-state index contributed by atoms with van der Waals surface area (Å²) in [6, 6.07) is 0.675. The van der Waals surface area contributed by atoms with Gasteiger partial charge in [-0.2, -0.15) is 4.98 Å². The van der Waals surface area contributed by atoms with Gasteiger partial charge in [0.1, 0.15) is 11.8 Å². The first kappa shape index (κ1) is 54.1. The lowest BCUT2D eigenvalue weighted by atomic mass is 9.99. The zero-order valence-corrected chi connectivity index (χ0v) is 36.3. The fourth-order valence-electron chi connectivity index (χ4n) is 5.79. The van der Waals surface area contributed by atoms with E-state index in [1.54, 1.807) is 25.9 Å². The van der Waals surface area contributed by atoms with Gasteiger partial charge < -0.3 is 36.1 Å². The third-order valence-corrected chi connectivity index (χ3v) is 9.19. The number of primary amides is 1. The molecule has 3 aliphatic heterocycles. The van der Waals surface area contributed by atoms with Gasteiger partial charge in [0.2, 0.25) is 5.91 Å². The topological polar surface area (TPSA) is 170 Å². The van der Waals surface area contributed by atoms with E-state index < -0.39 is 0 Å². The Morgan fingerprint density at radius 3 is 1.62 bits per heavy atom. The molecule has 13 heteroatoms. The van der Waals surface area contributed by atoms with E-state index in [1.807, 2.05) is 32.4 Å². The first-order chi connectivity index (χ1) is 27.0. The predicted octanol–water partition coefficient (Wildman–Crippen LogP) is 5.86. The maximum atomic E-state index is 10.8. The van der Waals surface area contributed by atoms with Crippen LogP contribution in [0.3, 0.4) is 0 Å². The molecule has 7 rings (SSSR count). The number of nitrogens with two attached hydrogens (primary N) is 1. The largest absolute Gasteiger partial charge is 0.369 e. The van der Waals surface area contributed by atoms with Crippen molar-refractivity contribution in [2.75, 3.05) is 45.8 Å². The maximum Gasteiger partial charge on any atom is 0.347 e. The zero-order chi connectivity index (χ0) is 42.7. The number of nitrogens with one attached hydrogen (secondary N) is 4. The van der Waals surface area contributed by atoms with Crippen molar-refractivity contribution in [3.8, 4) is 0 Å². The molecule has 1 saturated carbocycles.